The summed E-state index contributed by atoms with van der Waals surface area (Å²) in [4.78, 5) is 11.9. The van der Waals surface area contributed by atoms with Gasteiger partial charge in [0.25, 0.3) is 0 Å². The van der Waals surface area contributed by atoms with Crippen molar-refractivity contribution in [3.05, 3.63) is 23.8 Å². The van der Waals surface area contributed by atoms with Gasteiger partial charge in [-0.15, -0.1) is 0 Å². The number of benzene rings is 1. The lowest BCUT2D eigenvalue weighted by molar-refractivity contribution is -0.129. The number of methoxy groups -OCH3 is 1. The summed E-state index contributed by atoms with van der Waals surface area (Å²) in [5.41, 5.74) is 0.634. The first-order valence-corrected chi connectivity index (χ1v) is 6.55. The molecule has 4 heteroatoms. The van der Waals surface area contributed by atoms with Crippen molar-refractivity contribution in [2.75, 3.05) is 13.7 Å². The van der Waals surface area contributed by atoms with E-state index in [0.717, 1.165) is 12.0 Å². The van der Waals surface area contributed by atoms with Gasteiger partial charge in [-0.3, -0.25) is 4.79 Å². The van der Waals surface area contributed by atoms with Crippen molar-refractivity contribution in [1.82, 2.24) is 5.32 Å². The van der Waals surface area contributed by atoms with Crippen LogP contribution in [-0.4, -0.2) is 24.7 Å². The van der Waals surface area contributed by atoms with Gasteiger partial charge in [0, 0.05) is 12.0 Å². The first kappa shape index (κ1) is 15.3. The first-order valence-electron chi connectivity index (χ1n) is 6.55. The van der Waals surface area contributed by atoms with Gasteiger partial charge in [-0.05, 0) is 30.5 Å². The summed E-state index contributed by atoms with van der Waals surface area (Å²) in [7, 11) is 1.52. The predicted octanol–water partition coefficient (Wildman–Crippen LogP) is 2.50. The Balaban J connectivity index is 2.50. The Kier molecular flexibility index (Phi) is 5.21. The maximum absolute atomic E-state index is 11.9. The Morgan fingerprint density at radius 1 is 1.42 bits per heavy atom. The standard InChI is InChI=1S/C15H23NO3/c1-5-15(2,3)14(18)16-9-8-11-6-7-13(19-4)12(17)10-11/h6-7,10,17H,5,8-9H2,1-4H3,(H,16,18). The average molecular weight is 265 g/mol. The summed E-state index contributed by atoms with van der Waals surface area (Å²) in [6.45, 7) is 6.43. The maximum atomic E-state index is 11.9. The average Bonchev–Trinajstić information content (AvgIpc) is 2.38. The van der Waals surface area contributed by atoms with Gasteiger partial charge in [0.1, 0.15) is 0 Å². The lowest BCUT2D eigenvalue weighted by atomic mass is 9.89. The number of amides is 1. The molecule has 0 saturated carbocycles. The molecule has 0 bridgehead atoms. The molecule has 0 heterocycles. The Hall–Kier alpha value is -1.71. The Morgan fingerprint density at radius 2 is 2.11 bits per heavy atom. The highest BCUT2D eigenvalue weighted by atomic mass is 16.5. The van der Waals surface area contributed by atoms with Crippen LogP contribution >= 0.6 is 0 Å². The van der Waals surface area contributed by atoms with Gasteiger partial charge >= 0.3 is 0 Å². The summed E-state index contributed by atoms with van der Waals surface area (Å²) in [5, 5.41) is 12.6. The molecule has 0 aliphatic heterocycles. The molecule has 106 valence electrons. The van der Waals surface area contributed by atoms with E-state index in [1.165, 1.54) is 7.11 Å². The third-order valence-corrected chi connectivity index (χ3v) is 3.44. The van der Waals surface area contributed by atoms with E-state index in [-0.39, 0.29) is 17.1 Å². The molecule has 1 rings (SSSR count). The lowest BCUT2D eigenvalue weighted by Gasteiger charge is -2.21. The first-order chi connectivity index (χ1) is 8.90. The summed E-state index contributed by atoms with van der Waals surface area (Å²) >= 11 is 0. The van der Waals surface area contributed by atoms with E-state index in [2.05, 4.69) is 5.32 Å². The minimum absolute atomic E-state index is 0.0627. The molecule has 1 amide bonds. The van der Waals surface area contributed by atoms with Crippen LogP contribution < -0.4 is 10.1 Å². The number of carbonyl (C=O) groups excluding carboxylic acids is 1. The van der Waals surface area contributed by atoms with Crippen molar-refractivity contribution < 1.29 is 14.6 Å². The van der Waals surface area contributed by atoms with E-state index < -0.39 is 0 Å². The molecule has 0 fully saturated rings. The van der Waals surface area contributed by atoms with Gasteiger partial charge < -0.3 is 15.2 Å². The SMILES string of the molecule is CCC(C)(C)C(=O)NCCc1ccc(OC)c(O)c1. The van der Waals surface area contributed by atoms with Crippen molar-refractivity contribution in [3.63, 3.8) is 0 Å². The number of phenols is 1. The molecule has 19 heavy (non-hydrogen) atoms. The number of nitrogens with one attached hydrogen (secondary N) is 1. The quantitative estimate of drug-likeness (QED) is 0.831. The van der Waals surface area contributed by atoms with Gasteiger partial charge in [-0.2, -0.15) is 0 Å². The number of carbonyl (C=O) groups is 1. The van der Waals surface area contributed by atoms with Crippen LogP contribution in [0.1, 0.15) is 32.8 Å². The Morgan fingerprint density at radius 3 is 2.63 bits per heavy atom. The molecular formula is C15H23NO3. The van der Waals surface area contributed by atoms with E-state index in [9.17, 15) is 9.90 Å². The third kappa shape index (κ3) is 4.16. The highest BCUT2D eigenvalue weighted by molar-refractivity contribution is 5.81. The van der Waals surface area contributed by atoms with Crippen LogP contribution in [0.4, 0.5) is 0 Å². The van der Waals surface area contributed by atoms with Crippen LogP contribution in [0.3, 0.4) is 0 Å². The minimum atomic E-state index is -0.331. The van der Waals surface area contributed by atoms with Crippen LogP contribution in [0.25, 0.3) is 0 Å². The highest BCUT2D eigenvalue weighted by Gasteiger charge is 2.24. The largest absolute Gasteiger partial charge is 0.504 e. The second kappa shape index (κ2) is 6.45. The van der Waals surface area contributed by atoms with Gasteiger partial charge in [0.05, 0.1) is 7.11 Å². The van der Waals surface area contributed by atoms with Crippen molar-refractivity contribution in [3.8, 4) is 11.5 Å². The fraction of sp³-hybridized carbons (Fsp3) is 0.533. The Bertz CT molecular complexity index is 441. The number of ether oxygens (including phenoxy) is 1. The molecule has 0 aliphatic rings. The van der Waals surface area contributed by atoms with Crippen molar-refractivity contribution in [2.24, 2.45) is 5.41 Å². The summed E-state index contributed by atoms with van der Waals surface area (Å²) in [6.07, 6.45) is 1.49. The van der Waals surface area contributed by atoms with Crippen LogP contribution in [0, 0.1) is 5.41 Å². The zero-order chi connectivity index (χ0) is 14.5. The fourth-order valence-electron chi connectivity index (χ4n) is 1.61. The van der Waals surface area contributed by atoms with E-state index in [0.29, 0.717) is 18.7 Å². The molecule has 0 atom stereocenters. The smallest absolute Gasteiger partial charge is 0.225 e. The molecule has 0 aliphatic carbocycles. The predicted molar refractivity (Wildman–Crippen MR) is 75.4 cm³/mol. The van der Waals surface area contributed by atoms with Crippen molar-refractivity contribution in [1.29, 1.82) is 0 Å². The summed E-state index contributed by atoms with van der Waals surface area (Å²) < 4.78 is 4.98. The van der Waals surface area contributed by atoms with E-state index in [1.807, 2.05) is 26.8 Å². The van der Waals surface area contributed by atoms with E-state index >= 15 is 0 Å². The summed E-state index contributed by atoms with van der Waals surface area (Å²) in [6, 6.07) is 5.27. The second-order valence-electron chi connectivity index (χ2n) is 5.25. The molecule has 0 saturated heterocycles. The molecule has 1 aromatic rings. The van der Waals surface area contributed by atoms with Crippen LogP contribution in [-0.2, 0) is 11.2 Å². The summed E-state index contributed by atoms with van der Waals surface area (Å²) in [5.74, 6) is 0.646. The van der Waals surface area contributed by atoms with Gasteiger partial charge in [0.2, 0.25) is 5.91 Å². The highest BCUT2D eigenvalue weighted by Crippen LogP contribution is 2.26. The Labute approximate surface area is 114 Å². The van der Waals surface area contributed by atoms with Crippen LogP contribution in [0.15, 0.2) is 18.2 Å². The number of rotatable bonds is 6. The molecule has 4 nitrogen and oxygen atoms in total. The maximum Gasteiger partial charge on any atom is 0.225 e. The van der Waals surface area contributed by atoms with Crippen LogP contribution in [0.2, 0.25) is 0 Å². The zero-order valence-electron chi connectivity index (χ0n) is 12.1. The number of phenolic OH excluding ortho intramolecular Hbond substituents is 1. The molecule has 0 radical (unpaired) electrons. The molecule has 1 aromatic carbocycles. The van der Waals surface area contributed by atoms with Gasteiger partial charge in [-0.25, -0.2) is 0 Å². The number of hydrogen-bond acceptors (Lipinski definition) is 3. The molecule has 0 aromatic heterocycles. The topological polar surface area (TPSA) is 58.6 Å². The third-order valence-electron chi connectivity index (χ3n) is 3.44. The minimum Gasteiger partial charge on any atom is -0.504 e. The number of hydrogen-bond donors (Lipinski definition) is 2. The normalized spacial score (nSPS) is 11.2. The van der Waals surface area contributed by atoms with E-state index in [1.54, 1.807) is 12.1 Å². The van der Waals surface area contributed by atoms with E-state index in [4.69, 9.17) is 4.74 Å². The number of aromatic hydroxyl groups is 1. The van der Waals surface area contributed by atoms with Crippen molar-refractivity contribution >= 4 is 5.91 Å². The monoisotopic (exact) mass is 265 g/mol. The fourth-order valence-corrected chi connectivity index (χ4v) is 1.61. The van der Waals surface area contributed by atoms with Gasteiger partial charge in [0.15, 0.2) is 11.5 Å². The molecule has 0 unspecified atom stereocenters. The molecular weight excluding hydrogens is 242 g/mol. The van der Waals surface area contributed by atoms with Crippen LogP contribution in [0.5, 0.6) is 11.5 Å². The lowest BCUT2D eigenvalue weighted by Crippen LogP contribution is -2.37. The molecule has 0 spiro atoms. The second-order valence-corrected chi connectivity index (χ2v) is 5.25. The zero-order valence-corrected chi connectivity index (χ0v) is 12.1. The van der Waals surface area contributed by atoms with Crippen molar-refractivity contribution in [2.45, 2.75) is 33.6 Å². The molecule has 2 N–H and O–H groups in total. The van der Waals surface area contributed by atoms with Gasteiger partial charge in [-0.1, -0.05) is 26.8 Å².